The number of carbonyl (C=O) groups is 1. The molecule has 0 spiro atoms. The third-order valence-corrected chi connectivity index (χ3v) is 1.57. The number of halogens is 2. The number of hydrogen-bond donors (Lipinski definition) is 1. The number of hydrogen-bond acceptors (Lipinski definition) is 4. The van der Waals surface area contributed by atoms with E-state index in [9.17, 15) is 4.79 Å². The highest BCUT2D eigenvalue weighted by atomic mass is 35.5. The van der Waals surface area contributed by atoms with E-state index in [4.69, 9.17) is 11.6 Å². The molecule has 5 nitrogen and oxygen atoms in total. The van der Waals surface area contributed by atoms with Crippen molar-refractivity contribution in [3.05, 3.63) is 30.1 Å². The summed E-state index contributed by atoms with van der Waals surface area (Å²) in [6.07, 6.45) is 4.01. The van der Waals surface area contributed by atoms with Crippen LogP contribution in [0.15, 0.2) is 29.7 Å². The van der Waals surface area contributed by atoms with Crippen LogP contribution in [0.5, 0.6) is 0 Å². The summed E-state index contributed by atoms with van der Waals surface area (Å²) in [6.45, 7) is 0.350. The number of aromatic nitrogens is 1. The Hall–Kier alpha value is -1.33. The fourth-order valence-electron chi connectivity index (χ4n) is 0.769. The van der Waals surface area contributed by atoms with Gasteiger partial charge in [-0.25, -0.2) is 4.79 Å². The van der Waals surface area contributed by atoms with Crippen LogP contribution in [0.1, 0.15) is 5.56 Å². The fourth-order valence-corrected chi connectivity index (χ4v) is 0.863. The maximum Gasteiger partial charge on any atom is 0.433 e. The van der Waals surface area contributed by atoms with Crippen molar-refractivity contribution in [3.8, 4) is 0 Å². The molecule has 1 aromatic rings. The smallest absolute Gasteiger partial charge is 0.318 e. The van der Waals surface area contributed by atoms with Crippen molar-refractivity contribution in [2.24, 2.45) is 5.16 Å². The number of amides is 1. The standard InChI is InChI=1S/C9H10ClN3O2.ClH/c10-3-5-12-9(14)15-13-7-8-2-1-4-11-6-8;/h1-2,4,6-7H,3,5H2,(H,12,14);1H/b13-7+;. The van der Waals surface area contributed by atoms with E-state index >= 15 is 0 Å². The molecule has 1 heterocycles. The molecule has 0 bridgehead atoms. The Kier molecular flexibility index (Phi) is 8.19. The molecule has 7 heteroatoms. The number of nitrogens with zero attached hydrogens (tertiary/aromatic N) is 2. The van der Waals surface area contributed by atoms with Gasteiger partial charge in [0.1, 0.15) is 0 Å². The minimum atomic E-state index is -0.629. The van der Waals surface area contributed by atoms with E-state index in [1.54, 1.807) is 24.5 Å². The lowest BCUT2D eigenvalue weighted by Crippen LogP contribution is -2.24. The Bertz CT molecular complexity index is 333. The first-order valence-corrected chi connectivity index (χ1v) is 4.80. The molecule has 0 saturated heterocycles. The van der Waals surface area contributed by atoms with E-state index in [0.717, 1.165) is 5.56 Å². The van der Waals surface area contributed by atoms with E-state index in [1.165, 1.54) is 6.21 Å². The molecule has 0 radical (unpaired) electrons. The Morgan fingerprint density at radius 2 is 2.50 bits per heavy atom. The topological polar surface area (TPSA) is 63.6 Å². The summed E-state index contributed by atoms with van der Waals surface area (Å²) in [6, 6.07) is 3.55. The van der Waals surface area contributed by atoms with Crippen LogP contribution in [-0.2, 0) is 4.84 Å². The zero-order valence-corrected chi connectivity index (χ0v) is 9.87. The molecule has 0 aliphatic carbocycles. The molecule has 0 saturated carbocycles. The summed E-state index contributed by atoms with van der Waals surface area (Å²) in [4.78, 5) is 19.2. The van der Waals surface area contributed by atoms with Crippen LogP contribution in [0.4, 0.5) is 4.79 Å². The third-order valence-electron chi connectivity index (χ3n) is 1.39. The maximum absolute atomic E-state index is 10.9. The number of rotatable bonds is 4. The monoisotopic (exact) mass is 263 g/mol. The highest BCUT2D eigenvalue weighted by molar-refractivity contribution is 6.18. The molecular formula is C9H11Cl2N3O2. The Balaban J connectivity index is 0.00000225. The quantitative estimate of drug-likeness (QED) is 0.390. The number of pyridine rings is 1. The van der Waals surface area contributed by atoms with Gasteiger partial charge in [0.25, 0.3) is 0 Å². The first kappa shape index (κ1) is 14.7. The van der Waals surface area contributed by atoms with Gasteiger partial charge in [-0.3, -0.25) is 9.82 Å². The van der Waals surface area contributed by atoms with E-state index in [-0.39, 0.29) is 12.4 Å². The van der Waals surface area contributed by atoms with Gasteiger partial charge in [0.2, 0.25) is 0 Å². The van der Waals surface area contributed by atoms with Crippen molar-refractivity contribution >= 4 is 36.3 Å². The molecule has 1 amide bonds. The molecule has 0 aliphatic rings. The van der Waals surface area contributed by atoms with Crippen molar-refractivity contribution in [1.82, 2.24) is 10.3 Å². The second-order valence-corrected chi connectivity index (χ2v) is 2.89. The van der Waals surface area contributed by atoms with Gasteiger partial charge in [-0.1, -0.05) is 11.2 Å². The van der Waals surface area contributed by atoms with Gasteiger partial charge < -0.3 is 5.32 Å². The van der Waals surface area contributed by atoms with Crippen molar-refractivity contribution in [2.75, 3.05) is 12.4 Å². The zero-order valence-electron chi connectivity index (χ0n) is 8.30. The molecule has 0 unspecified atom stereocenters. The lowest BCUT2D eigenvalue weighted by atomic mass is 10.3. The van der Waals surface area contributed by atoms with E-state index in [2.05, 4.69) is 20.3 Å². The summed E-state index contributed by atoms with van der Waals surface area (Å²) in [7, 11) is 0. The zero-order chi connectivity index (χ0) is 10.9. The summed E-state index contributed by atoms with van der Waals surface area (Å²) < 4.78 is 0. The average Bonchev–Trinajstić information content (AvgIpc) is 2.28. The summed E-state index contributed by atoms with van der Waals surface area (Å²) in [5, 5.41) is 5.87. The molecule has 1 N–H and O–H groups in total. The van der Waals surface area contributed by atoms with Crippen LogP contribution >= 0.6 is 24.0 Å². The van der Waals surface area contributed by atoms with Crippen LogP contribution in [-0.4, -0.2) is 29.7 Å². The largest absolute Gasteiger partial charge is 0.433 e. The van der Waals surface area contributed by atoms with Crippen LogP contribution in [0.2, 0.25) is 0 Å². The fraction of sp³-hybridized carbons (Fsp3) is 0.222. The molecule has 88 valence electrons. The van der Waals surface area contributed by atoms with Gasteiger partial charge in [-0.2, -0.15) is 0 Å². The van der Waals surface area contributed by atoms with E-state index in [1.807, 2.05) is 0 Å². The minimum Gasteiger partial charge on any atom is -0.318 e. The third kappa shape index (κ3) is 6.21. The summed E-state index contributed by atoms with van der Waals surface area (Å²) >= 11 is 5.36. The van der Waals surface area contributed by atoms with Crippen LogP contribution < -0.4 is 5.32 Å². The SMILES string of the molecule is Cl.O=C(NCCCl)O/N=C/c1cccnc1. The molecule has 0 aromatic carbocycles. The van der Waals surface area contributed by atoms with Gasteiger partial charge in [-0.15, -0.1) is 24.0 Å². The van der Waals surface area contributed by atoms with E-state index in [0.29, 0.717) is 12.4 Å². The molecule has 0 fully saturated rings. The van der Waals surface area contributed by atoms with Crippen molar-refractivity contribution in [1.29, 1.82) is 0 Å². The van der Waals surface area contributed by atoms with Gasteiger partial charge in [-0.05, 0) is 6.07 Å². The molecule has 1 aromatic heterocycles. The molecular weight excluding hydrogens is 253 g/mol. The summed E-state index contributed by atoms with van der Waals surface area (Å²) in [5.74, 6) is 0.335. The molecule has 0 atom stereocenters. The van der Waals surface area contributed by atoms with Crippen LogP contribution in [0.25, 0.3) is 0 Å². The number of oxime groups is 1. The second-order valence-electron chi connectivity index (χ2n) is 2.52. The first-order valence-electron chi connectivity index (χ1n) is 4.27. The second kappa shape index (κ2) is 8.94. The maximum atomic E-state index is 10.9. The molecule has 16 heavy (non-hydrogen) atoms. The van der Waals surface area contributed by atoms with E-state index < -0.39 is 6.09 Å². The number of alkyl halides is 1. The average molecular weight is 264 g/mol. The minimum absolute atomic E-state index is 0. The van der Waals surface area contributed by atoms with Gasteiger partial charge >= 0.3 is 6.09 Å². The lowest BCUT2D eigenvalue weighted by Gasteiger charge is -1.97. The molecule has 0 aliphatic heterocycles. The molecule has 1 rings (SSSR count). The van der Waals surface area contributed by atoms with Crippen LogP contribution in [0.3, 0.4) is 0 Å². The number of carbonyl (C=O) groups excluding carboxylic acids is 1. The highest BCUT2D eigenvalue weighted by Crippen LogP contribution is 1.91. The van der Waals surface area contributed by atoms with Crippen molar-refractivity contribution in [3.63, 3.8) is 0 Å². The van der Waals surface area contributed by atoms with Crippen molar-refractivity contribution < 1.29 is 9.63 Å². The van der Waals surface area contributed by atoms with Crippen molar-refractivity contribution in [2.45, 2.75) is 0 Å². The van der Waals surface area contributed by atoms with Crippen LogP contribution in [0, 0.1) is 0 Å². The Morgan fingerprint density at radius 1 is 1.69 bits per heavy atom. The normalized spacial score (nSPS) is 9.56. The highest BCUT2D eigenvalue weighted by Gasteiger charge is 1.97. The first-order chi connectivity index (χ1) is 7.33. The number of nitrogens with one attached hydrogen (secondary N) is 1. The Morgan fingerprint density at radius 3 is 3.12 bits per heavy atom. The predicted molar refractivity (Wildman–Crippen MR) is 64.3 cm³/mol. The summed E-state index contributed by atoms with van der Waals surface area (Å²) in [5.41, 5.74) is 0.752. The van der Waals surface area contributed by atoms with Gasteiger partial charge in [0.05, 0.1) is 6.21 Å². The Labute approximate surface area is 104 Å². The predicted octanol–water partition coefficient (Wildman–Crippen LogP) is 1.80. The van der Waals surface area contributed by atoms with Gasteiger partial charge in [0.15, 0.2) is 0 Å². The lowest BCUT2D eigenvalue weighted by molar-refractivity contribution is 0.152. The van der Waals surface area contributed by atoms with Gasteiger partial charge in [0, 0.05) is 30.4 Å².